The Hall–Kier alpha value is -1.49. The van der Waals surface area contributed by atoms with Crippen molar-refractivity contribution in [1.82, 2.24) is 0 Å². The number of allylic oxidation sites excluding steroid dienone is 1. The molecule has 0 bridgehead atoms. The fraction of sp³-hybridized carbons (Fsp3) is 0.200. The number of nitrogens with zero attached hydrogens (tertiary/aromatic N) is 3. The van der Waals surface area contributed by atoms with E-state index in [9.17, 15) is 8.42 Å². The maximum Gasteiger partial charge on any atom is 0.182 e. The molecule has 1 rings (SSSR count). The molecule has 0 atom stereocenters. The van der Waals surface area contributed by atoms with Gasteiger partial charge in [-0.25, -0.2) is 8.42 Å². The van der Waals surface area contributed by atoms with Crippen molar-refractivity contribution in [3.8, 4) is 0 Å². The average Bonchev–Trinajstić information content (AvgIpc) is 2.29. The van der Waals surface area contributed by atoms with Gasteiger partial charge in [-0.05, 0) is 24.6 Å². The van der Waals surface area contributed by atoms with Gasteiger partial charge in [-0.2, -0.15) is 0 Å². The fourth-order valence-corrected chi connectivity index (χ4v) is 2.70. The molecule has 90 valence electrons. The second-order valence-electron chi connectivity index (χ2n) is 3.24. The van der Waals surface area contributed by atoms with Crippen molar-refractivity contribution in [1.29, 1.82) is 0 Å². The van der Waals surface area contributed by atoms with Crippen LogP contribution in [-0.4, -0.2) is 14.2 Å². The van der Waals surface area contributed by atoms with Crippen molar-refractivity contribution in [2.24, 2.45) is 5.11 Å². The molecule has 0 saturated heterocycles. The summed E-state index contributed by atoms with van der Waals surface area (Å²) >= 11 is 5.67. The summed E-state index contributed by atoms with van der Waals surface area (Å²) in [6.07, 6.45) is 0. The summed E-state index contributed by atoms with van der Waals surface area (Å²) in [5.74, 6) is -0.406. The monoisotopic (exact) mass is 271 g/mol. The van der Waals surface area contributed by atoms with Crippen LogP contribution in [0.15, 0.2) is 51.1 Å². The minimum absolute atomic E-state index is 0.0121. The lowest BCUT2D eigenvalue weighted by Gasteiger charge is -2.04. The highest BCUT2D eigenvalue weighted by molar-refractivity contribution is 7.91. The molecule has 7 heteroatoms. The highest BCUT2D eigenvalue weighted by atomic mass is 35.5. The van der Waals surface area contributed by atoms with Gasteiger partial charge in [0.25, 0.3) is 0 Å². The summed E-state index contributed by atoms with van der Waals surface area (Å²) in [5, 5.41) is 3.45. The SMILES string of the molecule is C/C(Cl)=C(/CS(=O)(=O)c1ccccc1)N=[N+]=[N-]. The van der Waals surface area contributed by atoms with E-state index in [0.717, 1.165) is 0 Å². The van der Waals surface area contributed by atoms with Crippen molar-refractivity contribution in [2.75, 3.05) is 5.75 Å². The summed E-state index contributed by atoms with van der Waals surface area (Å²) in [4.78, 5) is 2.72. The third kappa shape index (κ3) is 3.78. The normalized spacial score (nSPS) is 12.6. The quantitative estimate of drug-likeness (QED) is 0.478. The van der Waals surface area contributed by atoms with E-state index in [1.807, 2.05) is 0 Å². The van der Waals surface area contributed by atoms with Crippen LogP contribution in [0.25, 0.3) is 10.4 Å². The molecule has 0 heterocycles. The van der Waals surface area contributed by atoms with E-state index >= 15 is 0 Å². The van der Waals surface area contributed by atoms with Crippen LogP contribution >= 0.6 is 11.6 Å². The first-order chi connectivity index (χ1) is 7.97. The molecule has 0 N–H and O–H groups in total. The van der Waals surface area contributed by atoms with Crippen LogP contribution in [0.2, 0.25) is 0 Å². The van der Waals surface area contributed by atoms with E-state index in [2.05, 4.69) is 10.0 Å². The molecule has 0 aliphatic carbocycles. The number of azide groups is 1. The smallest absolute Gasteiger partial charge is 0.182 e. The molecular weight excluding hydrogens is 262 g/mol. The zero-order chi connectivity index (χ0) is 12.9. The van der Waals surface area contributed by atoms with Crippen molar-refractivity contribution < 1.29 is 8.42 Å². The zero-order valence-corrected chi connectivity index (χ0v) is 10.6. The summed E-state index contributed by atoms with van der Waals surface area (Å²) in [7, 11) is -3.53. The minimum Gasteiger partial charge on any atom is -0.223 e. The van der Waals surface area contributed by atoms with Crippen LogP contribution in [0.3, 0.4) is 0 Å². The Bertz CT molecular complexity index is 571. The van der Waals surface area contributed by atoms with Gasteiger partial charge in [0.2, 0.25) is 0 Å². The largest absolute Gasteiger partial charge is 0.223 e. The molecular formula is C10H10ClN3O2S. The second kappa shape index (κ2) is 5.72. The van der Waals surface area contributed by atoms with Gasteiger partial charge in [0.1, 0.15) is 0 Å². The van der Waals surface area contributed by atoms with Gasteiger partial charge in [0, 0.05) is 15.6 Å². The van der Waals surface area contributed by atoms with E-state index < -0.39 is 15.6 Å². The Kier molecular flexibility index (Phi) is 4.57. The first kappa shape index (κ1) is 13.6. The van der Waals surface area contributed by atoms with Crippen molar-refractivity contribution in [2.45, 2.75) is 11.8 Å². The molecule has 0 aliphatic heterocycles. The van der Waals surface area contributed by atoms with Gasteiger partial charge < -0.3 is 0 Å². The van der Waals surface area contributed by atoms with E-state index in [1.165, 1.54) is 19.1 Å². The maximum atomic E-state index is 11.9. The molecule has 0 fully saturated rings. The number of benzene rings is 1. The van der Waals surface area contributed by atoms with Crippen LogP contribution in [0.1, 0.15) is 6.92 Å². The van der Waals surface area contributed by atoms with E-state index in [4.69, 9.17) is 17.1 Å². The van der Waals surface area contributed by atoms with Gasteiger partial charge in [-0.15, -0.1) is 0 Å². The fourth-order valence-electron chi connectivity index (χ4n) is 1.14. The molecule has 1 aromatic rings. The molecule has 17 heavy (non-hydrogen) atoms. The Balaban J connectivity index is 3.11. The summed E-state index contributed by atoms with van der Waals surface area (Å²) in [5.41, 5.74) is 8.34. The van der Waals surface area contributed by atoms with Crippen LogP contribution < -0.4 is 0 Å². The lowest BCUT2D eigenvalue weighted by molar-refractivity contribution is 0.598. The number of hydrogen-bond donors (Lipinski definition) is 0. The lowest BCUT2D eigenvalue weighted by atomic mass is 10.4. The lowest BCUT2D eigenvalue weighted by Crippen LogP contribution is -2.08. The first-order valence-corrected chi connectivity index (χ1v) is 6.68. The molecule has 0 aliphatic rings. The predicted molar refractivity (Wildman–Crippen MR) is 66.2 cm³/mol. The number of sulfone groups is 1. The number of rotatable bonds is 4. The number of hydrogen-bond acceptors (Lipinski definition) is 3. The van der Waals surface area contributed by atoms with Crippen LogP contribution in [-0.2, 0) is 9.84 Å². The molecule has 5 nitrogen and oxygen atoms in total. The molecule has 0 amide bonds. The van der Waals surface area contributed by atoms with Gasteiger partial charge in [0.05, 0.1) is 10.6 Å². The topological polar surface area (TPSA) is 82.9 Å². The van der Waals surface area contributed by atoms with Crippen molar-refractivity contribution >= 4 is 21.4 Å². The minimum atomic E-state index is -3.53. The molecule has 0 radical (unpaired) electrons. The van der Waals surface area contributed by atoms with Gasteiger partial charge in [-0.3, -0.25) is 0 Å². The standard InChI is InChI=1S/C10H10ClN3O2S/c1-8(11)10(13-14-12)7-17(15,16)9-5-3-2-4-6-9/h2-6H,7H2,1H3/b10-8+. The van der Waals surface area contributed by atoms with Crippen LogP contribution in [0, 0.1) is 0 Å². The Morgan fingerprint density at radius 2 is 2.00 bits per heavy atom. The Morgan fingerprint density at radius 3 is 2.47 bits per heavy atom. The molecule has 0 aromatic heterocycles. The summed E-state index contributed by atoms with van der Waals surface area (Å²) in [6.45, 7) is 1.48. The third-order valence-electron chi connectivity index (χ3n) is 1.99. The van der Waals surface area contributed by atoms with Crippen molar-refractivity contribution in [3.05, 3.63) is 51.5 Å². The van der Waals surface area contributed by atoms with Gasteiger partial charge in [-0.1, -0.05) is 34.9 Å². The molecule has 0 spiro atoms. The van der Waals surface area contributed by atoms with Gasteiger partial charge in [0.15, 0.2) is 9.84 Å². The average molecular weight is 272 g/mol. The Labute approximate surface area is 104 Å². The molecule has 1 aromatic carbocycles. The first-order valence-electron chi connectivity index (χ1n) is 4.65. The van der Waals surface area contributed by atoms with Crippen molar-refractivity contribution in [3.63, 3.8) is 0 Å². The van der Waals surface area contributed by atoms with E-state index in [1.54, 1.807) is 18.2 Å². The third-order valence-corrected chi connectivity index (χ3v) is 3.85. The maximum absolute atomic E-state index is 11.9. The number of halogens is 1. The van der Waals surface area contributed by atoms with Gasteiger partial charge >= 0.3 is 0 Å². The van der Waals surface area contributed by atoms with E-state index in [-0.39, 0.29) is 15.6 Å². The predicted octanol–water partition coefficient (Wildman–Crippen LogP) is 3.24. The zero-order valence-electron chi connectivity index (χ0n) is 9.04. The Morgan fingerprint density at radius 1 is 1.41 bits per heavy atom. The molecule has 0 saturated carbocycles. The molecule has 0 unspecified atom stereocenters. The van der Waals surface area contributed by atoms with E-state index in [0.29, 0.717) is 0 Å². The second-order valence-corrected chi connectivity index (χ2v) is 5.80. The highest BCUT2D eigenvalue weighted by Gasteiger charge is 2.16. The summed E-state index contributed by atoms with van der Waals surface area (Å²) in [6, 6.07) is 7.92. The summed E-state index contributed by atoms with van der Waals surface area (Å²) < 4.78 is 23.9. The van der Waals surface area contributed by atoms with Crippen LogP contribution in [0.4, 0.5) is 0 Å². The van der Waals surface area contributed by atoms with Crippen LogP contribution in [0.5, 0.6) is 0 Å². The highest BCUT2D eigenvalue weighted by Crippen LogP contribution is 2.18.